The van der Waals surface area contributed by atoms with Gasteiger partial charge in [0.15, 0.2) is 5.78 Å². The van der Waals surface area contributed by atoms with Crippen LogP contribution in [0.1, 0.15) is 15.9 Å². The molecule has 0 saturated heterocycles. The van der Waals surface area contributed by atoms with Crippen LogP contribution in [0.15, 0.2) is 30.3 Å². The number of anilines is 1. The zero-order valence-corrected chi connectivity index (χ0v) is 19.7. The van der Waals surface area contributed by atoms with Crippen molar-refractivity contribution in [2.24, 2.45) is 0 Å². The number of halogens is 1. The summed E-state index contributed by atoms with van der Waals surface area (Å²) in [6.45, 7) is 4.54. The number of nitrogens with one attached hydrogen (secondary N) is 3. The lowest BCUT2D eigenvalue weighted by atomic mass is 9.86. The summed E-state index contributed by atoms with van der Waals surface area (Å²) in [5, 5.41) is 34.8. The summed E-state index contributed by atoms with van der Waals surface area (Å²) in [5.41, 5.74) is 3.76. The Hall–Kier alpha value is -2.25. The van der Waals surface area contributed by atoms with E-state index in [0.717, 1.165) is 29.7 Å². The van der Waals surface area contributed by atoms with Crippen LogP contribution in [0.25, 0.3) is 22.2 Å². The van der Waals surface area contributed by atoms with Crippen molar-refractivity contribution in [3.8, 4) is 17.0 Å². The highest BCUT2D eigenvalue weighted by Crippen LogP contribution is 2.44. The van der Waals surface area contributed by atoms with Crippen molar-refractivity contribution in [2.75, 3.05) is 51.3 Å². The molecule has 0 radical (unpaired) electrons. The van der Waals surface area contributed by atoms with Crippen molar-refractivity contribution in [1.29, 1.82) is 0 Å². The van der Waals surface area contributed by atoms with Crippen molar-refractivity contribution in [3.05, 3.63) is 41.5 Å². The van der Waals surface area contributed by atoms with Crippen LogP contribution < -0.4 is 16.0 Å². The summed E-state index contributed by atoms with van der Waals surface area (Å²) >= 11 is 1.87. The fourth-order valence-electron chi connectivity index (χ4n) is 4.02. The molecule has 3 aromatic rings. The molecule has 0 atom stereocenters. The fraction of sp³-hybridized carbons (Fsp3) is 0.364. The molecule has 1 heterocycles. The molecule has 32 heavy (non-hydrogen) atoms. The number of nitrogens with zero attached hydrogens (tertiary/aromatic N) is 2. The molecule has 0 spiro atoms. The first-order valence-corrected chi connectivity index (χ1v) is 11.5. The van der Waals surface area contributed by atoms with Gasteiger partial charge in [-0.15, -0.1) is 0 Å². The SMILES string of the molecule is O=C1c2c(O)cccc2-c2nn(CCNCCO)c3ccc(NCCNCCOI)c1c23. The fourth-order valence-corrected chi connectivity index (χ4v) is 4.24. The van der Waals surface area contributed by atoms with E-state index in [0.29, 0.717) is 49.6 Å². The van der Waals surface area contributed by atoms with Crippen molar-refractivity contribution in [2.45, 2.75) is 6.54 Å². The average Bonchev–Trinajstić information content (AvgIpc) is 3.16. The third kappa shape index (κ3) is 4.46. The first-order chi connectivity index (χ1) is 15.7. The van der Waals surface area contributed by atoms with Crippen LogP contribution in [0.3, 0.4) is 0 Å². The first-order valence-electron chi connectivity index (χ1n) is 10.6. The van der Waals surface area contributed by atoms with Gasteiger partial charge in [0.05, 0.1) is 36.4 Å². The number of rotatable bonds is 12. The molecule has 170 valence electrons. The number of hydrogen-bond acceptors (Lipinski definition) is 8. The summed E-state index contributed by atoms with van der Waals surface area (Å²) in [6.07, 6.45) is 0. The minimum atomic E-state index is -0.206. The van der Waals surface area contributed by atoms with Crippen molar-refractivity contribution < 1.29 is 18.1 Å². The van der Waals surface area contributed by atoms with Crippen LogP contribution in [0.4, 0.5) is 5.69 Å². The molecule has 0 saturated carbocycles. The predicted octanol–water partition coefficient (Wildman–Crippen LogP) is 1.90. The Kier molecular flexibility index (Phi) is 7.58. The van der Waals surface area contributed by atoms with E-state index in [-0.39, 0.29) is 23.7 Å². The second-order valence-corrected chi connectivity index (χ2v) is 8.07. The highest BCUT2D eigenvalue weighted by Gasteiger charge is 2.32. The number of aromatic nitrogens is 2. The Bertz CT molecular complexity index is 1120. The zero-order valence-electron chi connectivity index (χ0n) is 17.5. The minimum absolute atomic E-state index is 0.0410. The van der Waals surface area contributed by atoms with Crippen molar-refractivity contribution >= 4 is 45.4 Å². The van der Waals surface area contributed by atoms with Gasteiger partial charge in [-0.3, -0.25) is 9.48 Å². The molecule has 1 aromatic heterocycles. The molecule has 0 amide bonds. The van der Waals surface area contributed by atoms with Crippen LogP contribution in [0.2, 0.25) is 0 Å². The second kappa shape index (κ2) is 10.6. The molecule has 4 rings (SSSR count). The number of ketones is 1. The van der Waals surface area contributed by atoms with E-state index in [1.165, 1.54) is 6.07 Å². The number of carbonyl (C=O) groups excluding carboxylic acids is 1. The van der Waals surface area contributed by atoms with Gasteiger partial charge in [-0.25, -0.2) is 0 Å². The van der Waals surface area contributed by atoms with Gasteiger partial charge in [0.1, 0.15) is 34.4 Å². The number of benzene rings is 2. The standard InChI is InChI=1S/C22H26IN5O4/c23-32-13-10-24-6-7-26-15-4-5-16-20-19(15)22(31)18-14(2-1-3-17(18)30)21(20)27-28(16)11-8-25-9-12-29/h1-5,24-26,29-30H,6-13H2. The maximum atomic E-state index is 13.5. The third-order valence-corrected chi connectivity index (χ3v) is 5.87. The minimum Gasteiger partial charge on any atom is -0.507 e. The predicted molar refractivity (Wildman–Crippen MR) is 132 cm³/mol. The van der Waals surface area contributed by atoms with Gasteiger partial charge in [0.2, 0.25) is 0 Å². The molecular formula is C22H26IN5O4. The van der Waals surface area contributed by atoms with Crippen LogP contribution >= 0.6 is 23.0 Å². The number of aromatic hydroxyl groups is 1. The first kappa shape index (κ1) is 22.9. The van der Waals surface area contributed by atoms with Crippen LogP contribution in [-0.2, 0) is 9.61 Å². The quantitative estimate of drug-likeness (QED) is 0.134. The number of aliphatic hydroxyl groups is 1. The van der Waals surface area contributed by atoms with Gasteiger partial charge in [0, 0.05) is 49.4 Å². The summed E-state index contributed by atoms with van der Waals surface area (Å²) in [7, 11) is 0. The Labute approximate surface area is 199 Å². The molecule has 0 bridgehead atoms. The molecular weight excluding hydrogens is 525 g/mol. The van der Waals surface area contributed by atoms with Gasteiger partial charge in [-0.05, 0) is 18.2 Å². The van der Waals surface area contributed by atoms with E-state index in [9.17, 15) is 9.90 Å². The second-order valence-electron chi connectivity index (χ2n) is 7.45. The largest absolute Gasteiger partial charge is 0.507 e. The normalized spacial score (nSPS) is 12.4. The van der Waals surface area contributed by atoms with E-state index < -0.39 is 0 Å². The van der Waals surface area contributed by atoms with Gasteiger partial charge < -0.3 is 29.2 Å². The van der Waals surface area contributed by atoms with E-state index in [1.54, 1.807) is 6.07 Å². The van der Waals surface area contributed by atoms with Crippen LogP contribution in [-0.4, -0.2) is 71.7 Å². The van der Waals surface area contributed by atoms with E-state index in [1.807, 2.05) is 45.9 Å². The van der Waals surface area contributed by atoms with E-state index >= 15 is 0 Å². The van der Waals surface area contributed by atoms with Gasteiger partial charge in [-0.1, -0.05) is 12.1 Å². The zero-order chi connectivity index (χ0) is 22.5. The Morgan fingerprint density at radius 3 is 2.69 bits per heavy atom. The number of fused-ring (bicyclic) bond motifs is 2. The molecule has 1 aliphatic carbocycles. The lowest BCUT2D eigenvalue weighted by Crippen LogP contribution is -2.25. The number of hydrogen-bond donors (Lipinski definition) is 5. The smallest absolute Gasteiger partial charge is 0.200 e. The Morgan fingerprint density at radius 2 is 1.88 bits per heavy atom. The van der Waals surface area contributed by atoms with E-state index in [4.69, 9.17) is 13.3 Å². The highest BCUT2D eigenvalue weighted by molar-refractivity contribution is 14.1. The Morgan fingerprint density at radius 1 is 1.03 bits per heavy atom. The van der Waals surface area contributed by atoms with Gasteiger partial charge in [-0.2, -0.15) is 5.10 Å². The summed E-state index contributed by atoms with van der Waals surface area (Å²) in [6, 6.07) is 8.96. The van der Waals surface area contributed by atoms with Crippen LogP contribution in [0.5, 0.6) is 5.75 Å². The highest BCUT2D eigenvalue weighted by atomic mass is 127. The van der Waals surface area contributed by atoms with Crippen molar-refractivity contribution in [1.82, 2.24) is 20.4 Å². The third-order valence-electron chi connectivity index (χ3n) is 5.43. The van der Waals surface area contributed by atoms with Crippen LogP contribution in [0, 0.1) is 0 Å². The Balaban J connectivity index is 1.70. The maximum absolute atomic E-state index is 13.5. The van der Waals surface area contributed by atoms with Crippen molar-refractivity contribution in [3.63, 3.8) is 0 Å². The molecule has 2 aromatic carbocycles. The lowest BCUT2D eigenvalue weighted by molar-refractivity contribution is 0.103. The molecule has 9 nitrogen and oxygen atoms in total. The van der Waals surface area contributed by atoms with Gasteiger partial charge >= 0.3 is 0 Å². The van der Waals surface area contributed by atoms with E-state index in [2.05, 4.69) is 16.0 Å². The molecule has 10 heteroatoms. The lowest BCUT2D eigenvalue weighted by Gasteiger charge is -2.19. The summed E-state index contributed by atoms with van der Waals surface area (Å²) in [5.74, 6) is -0.247. The number of aliphatic hydroxyl groups excluding tert-OH is 1. The summed E-state index contributed by atoms with van der Waals surface area (Å²) < 4.78 is 6.88. The topological polar surface area (TPSA) is 121 Å². The average molecular weight is 551 g/mol. The molecule has 5 N–H and O–H groups in total. The number of phenolic OH excluding ortho intramolecular Hbond substituents is 1. The molecule has 0 aliphatic heterocycles. The molecule has 0 unspecified atom stereocenters. The molecule has 1 aliphatic rings. The number of carbonyl (C=O) groups is 1. The maximum Gasteiger partial charge on any atom is 0.200 e. The van der Waals surface area contributed by atoms with Gasteiger partial charge in [0.25, 0.3) is 0 Å². The summed E-state index contributed by atoms with van der Waals surface area (Å²) in [4.78, 5) is 13.5. The monoisotopic (exact) mass is 551 g/mol. The number of phenols is 1. The molecule has 0 fully saturated rings.